The van der Waals surface area contributed by atoms with Gasteiger partial charge in [-0.15, -0.1) is 0 Å². The van der Waals surface area contributed by atoms with Crippen molar-refractivity contribution in [1.82, 2.24) is 10.2 Å². The van der Waals surface area contributed by atoms with E-state index in [4.69, 9.17) is 9.15 Å². The molecule has 2 aromatic rings. The Morgan fingerprint density at radius 1 is 1.21 bits per heavy atom. The number of amides is 3. The molecule has 1 N–H and O–H groups in total. The van der Waals surface area contributed by atoms with Gasteiger partial charge in [0.2, 0.25) is 0 Å². The third kappa shape index (κ3) is 3.04. The third-order valence-corrected chi connectivity index (χ3v) is 6.15. The Morgan fingerprint density at radius 2 is 1.96 bits per heavy atom. The summed E-state index contributed by atoms with van der Waals surface area (Å²) >= 11 is 0. The number of rotatable bonds is 4. The Bertz CT molecular complexity index is 988. The van der Waals surface area contributed by atoms with Crippen molar-refractivity contribution in [1.29, 1.82) is 0 Å². The van der Waals surface area contributed by atoms with E-state index in [-0.39, 0.29) is 12.5 Å². The van der Waals surface area contributed by atoms with E-state index < -0.39 is 17.2 Å². The van der Waals surface area contributed by atoms with E-state index in [0.717, 1.165) is 19.3 Å². The number of ether oxygens (including phenoxy) is 1. The molecule has 7 heteroatoms. The van der Waals surface area contributed by atoms with E-state index in [9.17, 15) is 14.4 Å². The maximum atomic E-state index is 13.1. The maximum Gasteiger partial charge on any atom is 0.336 e. The van der Waals surface area contributed by atoms with Crippen LogP contribution in [0.2, 0.25) is 0 Å². The zero-order valence-corrected chi connectivity index (χ0v) is 16.1. The minimum atomic E-state index is -0.790. The van der Waals surface area contributed by atoms with Crippen molar-refractivity contribution in [2.45, 2.75) is 51.1 Å². The SMILES string of the molecule is CCC1CCC2(CC1)NC(=O)N(Cc1cc(=O)oc3cc(OC)ccc13)C2=O. The minimum absolute atomic E-state index is 0.0397. The molecule has 2 heterocycles. The number of hydrogen-bond acceptors (Lipinski definition) is 5. The molecule has 2 fully saturated rings. The molecular weight excluding hydrogens is 360 g/mol. The molecule has 1 saturated carbocycles. The average molecular weight is 384 g/mol. The molecule has 1 aliphatic heterocycles. The van der Waals surface area contributed by atoms with E-state index in [1.807, 2.05) is 0 Å². The van der Waals surface area contributed by atoms with Gasteiger partial charge < -0.3 is 14.5 Å². The molecule has 7 nitrogen and oxygen atoms in total. The van der Waals surface area contributed by atoms with Crippen LogP contribution in [0.1, 0.15) is 44.6 Å². The largest absolute Gasteiger partial charge is 0.497 e. The molecule has 1 aromatic carbocycles. The Morgan fingerprint density at radius 3 is 2.64 bits per heavy atom. The third-order valence-electron chi connectivity index (χ3n) is 6.15. The number of benzene rings is 1. The standard InChI is InChI=1S/C21H24N2O5/c1-3-13-6-8-21(9-7-13)19(25)23(20(26)22-21)12-14-10-18(24)28-17-11-15(27-2)4-5-16(14)17/h4-5,10-11,13H,3,6-9,12H2,1-2H3,(H,22,26). The number of carbonyl (C=O) groups excluding carboxylic acids is 2. The molecule has 1 saturated heterocycles. The average Bonchev–Trinajstić information content (AvgIpc) is 2.92. The van der Waals surface area contributed by atoms with Crippen LogP contribution in [0.25, 0.3) is 11.0 Å². The molecule has 148 valence electrons. The van der Waals surface area contributed by atoms with Gasteiger partial charge in [-0.1, -0.05) is 13.3 Å². The normalized spacial score (nSPS) is 24.8. The molecule has 1 aliphatic carbocycles. The van der Waals surface area contributed by atoms with Crippen molar-refractivity contribution in [3.63, 3.8) is 0 Å². The highest BCUT2D eigenvalue weighted by Gasteiger charge is 2.52. The first-order chi connectivity index (χ1) is 13.5. The first-order valence-electron chi connectivity index (χ1n) is 9.70. The summed E-state index contributed by atoms with van der Waals surface area (Å²) in [6, 6.07) is 6.10. The van der Waals surface area contributed by atoms with E-state index in [2.05, 4.69) is 12.2 Å². The summed E-state index contributed by atoms with van der Waals surface area (Å²) in [5.74, 6) is 0.985. The van der Waals surface area contributed by atoms with Gasteiger partial charge in [0, 0.05) is 17.5 Å². The van der Waals surface area contributed by atoms with Gasteiger partial charge in [0.25, 0.3) is 5.91 Å². The molecular formula is C21H24N2O5. The summed E-state index contributed by atoms with van der Waals surface area (Å²) in [5.41, 5.74) is -0.369. The first kappa shape index (κ1) is 18.5. The topological polar surface area (TPSA) is 88.8 Å². The number of fused-ring (bicyclic) bond motifs is 1. The Kier molecular flexibility index (Phi) is 4.61. The second-order valence-corrected chi connectivity index (χ2v) is 7.71. The van der Waals surface area contributed by atoms with Crippen LogP contribution in [0.4, 0.5) is 4.79 Å². The predicted octanol–water partition coefficient (Wildman–Crippen LogP) is 3.19. The van der Waals surface area contributed by atoms with Crippen molar-refractivity contribution in [2.75, 3.05) is 7.11 Å². The lowest BCUT2D eigenvalue weighted by molar-refractivity contribution is -0.133. The zero-order chi connectivity index (χ0) is 19.9. The maximum absolute atomic E-state index is 13.1. The van der Waals surface area contributed by atoms with Crippen molar-refractivity contribution in [3.8, 4) is 5.75 Å². The Balaban J connectivity index is 1.63. The molecule has 1 spiro atoms. The van der Waals surface area contributed by atoms with E-state index in [1.165, 1.54) is 18.1 Å². The van der Waals surface area contributed by atoms with Crippen LogP contribution in [0, 0.1) is 5.92 Å². The Hall–Kier alpha value is -2.83. The fraction of sp³-hybridized carbons (Fsp3) is 0.476. The zero-order valence-electron chi connectivity index (χ0n) is 16.1. The summed E-state index contributed by atoms with van der Waals surface area (Å²) < 4.78 is 10.4. The van der Waals surface area contributed by atoms with Crippen LogP contribution in [0.15, 0.2) is 33.5 Å². The van der Waals surface area contributed by atoms with Gasteiger partial charge in [0.15, 0.2) is 0 Å². The predicted molar refractivity (Wildman–Crippen MR) is 103 cm³/mol. The number of nitrogens with zero attached hydrogens (tertiary/aromatic N) is 1. The molecule has 0 radical (unpaired) electrons. The summed E-state index contributed by atoms with van der Waals surface area (Å²) in [6.07, 6.45) is 4.31. The van der Waals surface area contributed by atoms with Gasteiger partial charge in [-0.3, -0.25) is 9.69 Å². The van der Waals surface area contributed by atoms with Gasteiger partial charge in [0.05, 0.1) is 13.7 Å². The van der Waals surface area contributed by atoms with Crippen molar-refractivity contribution in [2.24, 2.45) is 5.92 Å². The van der Waals surface area contributed by atoms with Crippen LogP contribution in [0.5, 0.6) is 5.75 Å². The fourth-order valence-electron chi connectivity index (χ4n) is 4.38. The quantitative estimate of drug-likeness (QED) is 0.646. The number of hydrogen-bond donors (Lipinski definition) is 1. The second-order valence-electron chi connectivity index (χ2n) is 7.71. The van der Waals surface area contributed by atoms with Gasteiger partial charge >= 0.3 is 11.7 Å². The van der Waals surface area contributed by atoms with Crippen LogP contribution in [-0.2, 0) is 11.3 Å². The molecule has 0 bridgehead atoms. The lowest BCUT2D eigenvalue weighted by Crippen LogP contribution is -2.49. The molecule has 0 atom stereocenters. The van der Waals surface area contributed by atoms with Gasteiger partial charge in [-0.2, -0.15) is 0 Å². The van der Waals surface area contributed by atoms with Gasteiger partial charge in [0.1, 0.15) is 16.9 Å². The summed E-state index contributed by atoms with van der Waals surface area (Å²) in [5, 5.41) is 3.61. The molecule has 1 aromatic heterocycles. The highest BCUT2D eigenvalue weighted by Crippen LogP contribution is 2.38. The van der Waals surface area contributed by atoms with Crippen LogP contribution < -0.4 is 15.7 Å². The Labute approximate surface area is 162 Å². The van der Waals surface area contributed by atoms with E-state index >= 15 is 0 Å². The van der Waals surface area contributed by atoms with Crippen LogP contribution >= 0.6 is 0 Å². The molecule has 0 unspecified atom stereocenters. The van der Waals surface area contributed by atoms with E-state index in [1.54, 1.807) is 18.2 Å². The summed E-state index contributed by atoms with van der Waals surface area (Å²) in [6.45, 7) is 2.20. The fourth-order valence-corrected chi connectivity index (χ4v) is 4.38. The van der Waals surface area contributed by atoms with Crippen molar-refractivity contribution < 1.29 is 18.7 Å². The number of carbonyl (C=O) groups is 2. The number of methoxy groups -OCH3 is 1. The monoisotopic (exact) mass is 384 g/mol. The highest BCUT2D eigenvalue weighted by atomic mass is 16.5. The van der Waals surface area contributed by atoms with Crippen molar-refractivity contribution in [3.05, 3.63) is 40.2 Å². The van der Waals surface area contributed by atoms with Crippen molar-refractivity contribution >= 4 is 22.9 Å². The van der Waals surface area contributed by atoms with Gasteiger partial charge in [-0.25, -0.2) is 9.59 Å². The lowest BCUT2D eigenvalue weighted by atomic mass is 9.75. The first-order valence-corrected chi connectivity index (χ1v) is 9.70. The molecule has 2 aliphatic rings. The van der Waals surface area contributed by atoms with E-state index in [0.29, 0.717) is 41.0 Å². The lowest BCUT2D eigenvalue weighted by Gasteiger charge is -2.34. The van der Waals surface area contributed by atoms with Gasteiger partial charge in [-0.05, 0) is 49.3 Å². The highest BCUT2D eigenvalue weighted by molar-refractivity contribution is 6.07. The molecule has 4 rings (SSSR count). The van der Waals surface area contributed by atoms with Crippen LogP contribution in [0.3, 0.4) is 0 Å². The minimum Gasteiger partial charge on any atom is -0.497 e. The smallest absolute Gasteiger partial charge is 0.336 e. The number of urea groups is 1. The second kappa shape index (κ2) is 6.96. The summed E-state index contributed by atoms with van der Waals surface area (Å²) in [7, 11) is 1.53. The number of imide groups is 1. The molecule has 3 amide bonds. The van der Waals surface area contributed by atoms with Crippen LogP contribution in [-0.4, -0.2) is 29.5 Å². The molecule has 28 heavy (non-hydrogen) atoms. The summed E-state index contributed by atoms with van der Waals surface area (Å²) in [4.78, 5) is 39.0. The number of nitrogens with one attached hydrogen (secondary N) is 1.